The number of anilines is 1. The minimum atomic E-state index is -0.886. The van der Waals surface area contributed by atoms with Crippen LogP contribution in [0.4, 0.5) is 5.69 Å². The van der Waals surface area contributed by atoms with E-state index in [0.29, 0.717) is 34.4 Å². The van der Waals surface area contributed by atoms with Gasteiger partial charge in [-0.3, -0.25) is 9.59 Å². The van der Waals surface area contributed by atoms with Gasteiger partial charge in [-0.2, -0.15) is 5.10 Å². The number of ether oxygens (including phenoxy) is 2. The monoisotopic (exact) mass is 403 g/mol. The fraction of sp³-hybridized carbons (Fsp3) is 0.250. The molecule has 2 amide bonds. The van der Waals surface area contributed by atoms with Gasteiger partial charge in [0.1, 0.15) is 0 Å². The van der Waals surface area contributed by atoms with Gasteiger partial charge in [0.25, 0.3) is 0 Å². The van der Waals surface area contributed by atoms with Gasteiger partial charge in [-0.25, -0.2) is 5.43 Å². The first-order chi connectivity index (χ1) is 13.4. The fourth-order valence-corrected chi connectivity index (χ4v) is 2.82. The first kappa shape index (κ1) is 21.2. The summed E-state index contributed by atoms with van der Waals surface area (Å²) in [5.41, 5.74) is 5.10. The van der Waals surface area contributed by atoms with Gasteiger partial charge in [-0.05, 0) is 49.6 Å². The summed E-state index contributed by atoms with van der Waals surface area (Å²) in [4.78, 5) is 24.1. The van der Waals surface area contributed by atoms with E-state index in [9.17, 15) is 9.59 Å². The molecule has 0 heterocycles. The van der Waals surface area contributed by atoms with Crippen LogP contribution in [0.1, 0.15) is 23.6 Å². The van der Waals surface area contributed by atoms with Gasteiger partial charge in [0.05, 0.1) is 25.0 Å². The molecule has 0 unspecified atom stereocenters. The Hall–Kier alpha value is -3.06. The number of halogens is 1. The number of nitrogens with one attached hydrogen (secondary N) is 2. The molecule has 0 saturated heterocycles. The summed E-state index contributed by atoms with van der Waals surface area (Å²) >= 11 is 6.16. The number of aryl methyl sites for hydroxylation is 2. The highest BCUT2D eigenvalue weighted by atomic mass is 35.5. The van der Waals surface area contributed by atoms with Gasteiger partial charge in [-0.15, -0.1) is 0 Å². The summed E-state index contributed by atoms with van der Waals surface area (Å²) in [6, 6.07) is 8.85. The average Bonchev–Trinajstić information content (AvgIpc) is 2.64. The summed E-state index contributed by atoms with van der Waals surface area (Å²) in [5, 5.41) is 6.74. The molecule has 0 aliphatic carbocycles. The van der Waals surface area contributed by atoms with Crippen LogP contribution >= 0.6 is 11.6 Å². The molecule has 7 nitrogen and oxygen atoms in total. The summed E-state index contributed by atoms with van der Waals surface area (Å²) in [7, 11) is 1.49. The van der Waals surface area contributed by atoms with E-state index < -0.39 is 11.8 Å². The van der Waals surface area contributed by atoms with Crippen LogP contribution in [0.5, 0.6) is 11.5 Å². The van der Waals surface area contributed by atoms with Crippen molar-refractivity contribution in [2.45, 2.75) is 20.8 Å². The van der Waals surface area contributed by atoms with Crippen molar-refractivity contribution in [2.75, 3.05) is 19.0 Å². The lowest BCUT2D eigenvalue weighted by Gasteiger charge is -2.11. The minimum Gasteiger partial charge on any atom is -0.491 e. The van der Waals surface area contributed by atoms with E-state index in [1.165, 1.54) is 13.3 Å². The number of rotatable bonds is 6. The van der Waals surface area contributed by atoms with E-state index in [4.69, 9.17) is 21.1 Å². The lowest BCUT2D eigenvalue weighted by atomic mass is 10.1. The van der Waals surface area contributed by atoms with Crippen LogP contribution in [0.2, 0.25) is 5.02 Å². The molecule has 148 valence electrons. The van der Waals surface area contributed by atoms with Crippen molar-refractivity contribution >= 4 is 35.3 Å². The number of hydrogen-bond donors (Lipinski definition) is 2. The predicted octanol–water partition coefficient (Wildman–Crippen LogP) is 3.45. The van der Waals surface area contributed by atoms with Crippen molar-refractivity contribution in [3.63, 3.8) is 0 Å². The number of carbonyl (C=O) groups excluding carboxylic acids is 2. The van der Waals surface area contributed by atoms with Crippen LogP contribution in [0.3, 0.4) is 0 Å². The minimum absolute atomic E-state index is 0.342. The van der Waals surface area contributed by atoms with Crippen molar-refractivity contribution in [1.29, 1.82) is 0 Å². The highest BCUT2D eigenvalue weighted by Crippen LogP contribution is 2.35. The van der Waals surface area contributed by atoms with E-state index >= 15 is 0 Å². The Labute approximate surface area is 168 Å². The molecule has 0 fully saturated rings. The lowest BCUT2D eigenvalue weighted by Crippen LogP contribution is -2.32. The average molecular weight is 404 g/mol. The molecule has 0 aliphatic rings. The van der Waals surface area contributed by atoms with Gasteiger partial charge < -0.3 is 14.8 Å². The summed E-state index contributed by atoms with van der Waals surface area (Å²) in [6.07, 6.45) is 1.36. The Kier molecular flexibility index (Phi) is 7.40. The zero-order valence-electron chi connectivity index (χ0n) is 16.1. The first-order valence-electron chi connectivity index (χ1n) is 8.58. The smallest absolute Gasteiger partial charge is 0.329 e. The fourth-order valence-electron chi connectivity index (χ4n) is 2.52. The molecule has 28 heavy (non-hydrogen) atoms. The molecule has 2 aromatic rings. The number of para-hydroxylation sites is 1. The van der Waals surface area contributed by atoms with E-state index in [-0.39, 0.29) is 0 Å². The van der Waals surface area contributed by atoms with Crippen molar-refractivity contribution in [1.82, 2.24) is 5.43 Å². The molecule has 2 N–H and O–H groups in total. The van der Waals surface area contributed by atoms with Gasteiger partial charge in [-0.1, -0.05) is 29.8 Å². The Bertz CT molecular complexity index is 892. The van der Waals surface area contributed by atoms with E-state index in [1.54, 1.807) is 12.1 Å². The Morgan fingerprint density at radius 1 is 1.18 bits per heavy atom. The topological polar surface area (TPSA) is 89.0 Å². The maximum Gasteiger partial charge on any atom is 0.329 e. The van der Waals surface area contributed by atoms with Gasteiger partial charge in [0.2, 0.25) is 0 Å². The Morgan fingerprint density at radius 3 is 2.46 bits per heavy atom. The Morgan fingerprint density at radius 2 is 1.86 bits per heavy atom. The first-order valence-corrected chi connectivity index (χ1v) is 8.96. The van der Waals surface area contributed by atoms with Crippen LogP contribution in [0, 0.1) is 13.8 Å². The summed E-state index contributed by atoms with van der Waals surface area (Å²) in [5.74, 6) is -0.823. The quantitative estimate of drug-likeness (QED) is 0.439. The molecule has 0 atom stereocenters. The molecule has 2 rings (SSSR count). The largest absolute Gasteiger partial charge is 0.491 e. The number of benzene rings is 2. The highest BCUT2D eigenvalue weighted by Gasteiger charge is 2.15. The van der Waals surface area contributed by atoms with Crippen LogP contribution in [0.25, 0.3) is 0 Å². The van der Waals surface area contributed by atoms with Gasteiger partial charge in [0, 0.05) is 5.69 Å². The maximum absolute atomic E-state index is 12.1. The molecule has 0 saturated carbocycles. The normalized spacial score (nSPS) is 10.6. The third kappa shape index (κ3) is 5.23. The zero-order chi connectivity index (χ0) is 20.7. The van der Waals surface area contributed by atoms with E-state index in [1.807, 2.05) is 39.0 Å². The molecule has 8 heteroatoms. The van der Waals surface area contributed by atoms with Crippen molar-refractivity contribution < 1.29 is 19.1 Å². The number of hydrogen-bond acceptors (Lipinski definition) is 5. The molecule has 0 aliphatic heterocycles. The van der Waals surface area contributed by atoms with E-state index in [0.717, 1.165) is 11.1 Å². The van der Waals surface area contributed by atoms with Crippen molar-refractivity contribution in [3.8, 4) is 11.5 Å². The number of amides is 2. The SMILES string of the molecule is CCOc1cc(/C=N\NC(=O)C(=O)Nc2c(C)cccc2C)cc(Cl)c1OC. The highest BCUT2D eigenvalue weighted by molar-refractivity contribution is 6.39. The third-order valence-electron chi connectivity index (χ3n) is 3.84. The number of hydrazone groups is 1. The standard InChI is InChI=1S/C20H22ClN3O4/c1-5-28-16-10-14(9-15(21)18(16)27-4)11-22-24-20(26)19(25)23-17-12(2)7-6-8-13(17)3/h6-11H,5H2,1-4H3,(H,23,25)(H,24,26)/b22-11-. The van der Waals surface area contributed by atoms with Crippen molar-refractivity contribution in [3.05, 3.63) is 52.0 Å². The van der Waals surface area contributed by atoms with Crippen molar-refractivity contribution in [2.24, 2.45) is 5.10 Å². The predicted molar refractivity (Wildman–Crippen MR) is 109 cm³/mol. The second kappa shape index (κ2) is 9.75. The molecular formula is C20H22ClN3O4. The molecular weight excluding hydrogens is 382 g/mol. The lowest BCUT2D eigenvalue weighted by molar-refractivity contribution is -0.136. The summed E-state index contributed by atoms with van der Waals surface area (Å²) < 4.78 is 10.7. The van der Waals surface area contributed by atoms with Crippen LogP contribution < -0.4 is 20.2 Å². The second-order valence-electron chi connectivity index (χ2n) is 5.89. The zero-order valence-corrected chi connectivity index (χ0v) is 16.9. The van der Waals surface area contributed by atoms with Crippen LogP contribution in [0.15, 0.2) is 35.4 Å². The molecule has 2 aromatic carbocycles. The maximum atomic E-state index is 12.1. The van der Waals surface area contributed by atoms with E-state index in [2.05, 4.69) is 15.8 Å². The van der Waals surface area contributed by atoms with Gasteiger partial charge in [0.15, 0.2) is 11.5 Å². The van der Waals surface area contributed by atoms with Crippen LogP contribution in [-0.2, 0) is 9.59 Å². The molecule has 0 bridgehead atoms. The number of nitrogens with zero attached hydrogens (tertiary/aromatic N) is 1. The second-order valence-corrected chi connectivity index (χ2v) is 6.29. The molecule has 0 spiro atoms. The molecule has 0 aromatic heterocycles. The summed E-state index contributed by atoms with van der Waals surface area (Å²) in [6.45, 7) is 5.97. The third-order valence-corrected chi connectivity index (χ3v) is 4.12. The van der Waals surface area contributed by atoms with Crippen LogP contribution in [-0.4, -0.2) is 31.7 Å². The van der Waals surface area contributed by atoms with Gasteiger partial charge >= 0.3 is 11.8 Å². The molecule has 0 radical (unpaired) electrons. The Balaban J connectivity index is 2.06. The number of methoxy groups -OCH3 is 1. The number of carbonyl (C=O) groups is 2.